The van der Waals surface area contributed by atoms with Crippen molar-refractivity contribution in [1.82, 2.24) is 19.9 Å². The molecule has 0 saturated heterocycles. The van der Waals surface area contributed by atoms with Crippen LogP contribution in [-0.4, -0.2) is 19.9 Å². The molecule has 0 fully saturated rings. The van der Waals surface area contributed by atoms with Gasteiger partial charge in [-0.2, -0.15) is 10.5 Å². The second kappa shape index (κ2) is 11.0. The minimum Gasteiger partial charge on any atom is -0.308 e. The van der Waals surface area contributed by atoms with Gasteiger partial charge in [0.25, 0.3) is 0 Å². The molecule has 4 aromatic carbocycles. The molecule has 8 rings (SSSR count). The molecule has 0 unspecified atom stereocenters. The minimum atomic E-state index is 0.535. The number of hydrogen-bond acceptors (Lipinski definition) is 8. The van der Waals surface area contributed by atoms with Crippen molar-refractivity contribution < 1.29 is 0 Å². The number of anilines is 6. The van der Waals surface area contributed by atoms with Crippen molar-refractivity contribution >= 4 is 66.4 Å². The van der Waals surface area contributed by atoms with E-state index in [1.54, 1.807) is 49.6 Å². The number of rotatable bonds is 6. The fourth-order valence-electron chi connectivity index (χ4n) is 6.36. The van der Waals surface area contributed by atoms with Crippen LogP contribution in [-0.2, 0) is 0 Å². The van der Waals surface area contributed by atoms with Crippen molar-refractivity contribution in [2.45, 2.75) is 0 Å². The van der Waals surface area contributed by atoms with Crippen molar-refractivity contribution in [2.24, 2.45) is 0 Å². The second-order valence-electron chi connectivity index (χ2n) is 10.7. The molecule has 0 N–H and O–H groups in total. The molecule has 46 heavy (non-hydrogen) atoms. The Kier molecular flexibility index (Phi) is 6.38. The Labute approximate surface area is 264 Å². The van der Waals surface area contributed by atoms with Crippen LogP contribution < -0.4 is 9.80 Å². The molecule has 4 heterocycles. The minimum absolute atomic E-state index is 0.535. The summed E-state index contributed by atoms with van der Waals surface area (Å²) in [5.74, 6) is 0. The molecule has 0 atom stereocenters. The summed E-state index contributed by atoms with van der Waals surface area (Å²) in [6.07, 6.45) is 14.0. The van der Waals surface area contributed by atoms with E-state index in [4.69, 9.17) is 0 Å². The number of nitrogens with zero attached hydrogens (tertiary/aromatic N) is 8. The second-order valence-corrected chi connectivity index (χ2v) is 10.7. The smallest absolute Gasteiger partial charge is 0.101 e. The van der Waals surface area contributed by atoms with Gasteiger partial charge in [-0.3, -0.25) is 19.9 Å². The summed E-state index contributed by atoms with van der Waals surface area (Å²) in [6.45, 7) is 0. The molecular weight excluding hydrogens is 568 g/mol. The Morgan fingerprint density at radius 2 is 0.717 bits per heavy atom. The van der Waals surface area contributed by atoms with E-state index < -0.39 is 0 Å². The fourth-order valence-corrected chi connectivity index (χ4v) is 6.36. The molecule has 0 aliphatic rings. The summed E-state index contributed by atoms with van der Waals surface area (Å²) in [5, 5.41) is 26.8. The van der Waals surface area contributed by atoms with E-state index in [1.165, 1.54) is 0 Å². The summed E-state index contributed by atoms with van der Waals surface area (Å²) >= 11 is 0. The van der Waals surface area contributed by atoms with Gasteiger partial charge in [-0.15, -0.1) is 0 Å². The molecule has 8 heteroatoms. The number of benzene rings is 4. The van der Waals surface area contributed by atoms with Gasteiger partial charge in [0.2, 0.25) is 0 Å². The summed E-state index contributed by atoms with van der Waals surface area (Å²) in [4.78, 5) is 21.1. The number of pyridine rings is 4. The van der Waals surface area contributed by atoms with E-state index in [-0.39, 0.29) is 0 Å². The quantitative estimate of drug-likeness (QED) is 0.177. The molecule has 0 saturated carbocycles. The molecule has 214 valence electrons. The third-order valence-corrected chi connectivity index (χ3v) is 8.22. The molecule has 0 bridgehead atoms. The number of aromatic nitrogens is 4. The van der Waals surface area contributed by atoms with Crippen LogP contribution >= 0.6 is 0 Å². The van der Waals surface area contributed by atoms with Crippen LogP contribution in [0.2, 0.25) is 0 Å². The zero-order valence-corrected chi connectivity index (χ0v) is 24.3. The normalized spacial score (nSPS) is 11.0. The SMILES string of the molecule is N#Cc1cc2ccc3c(N(c4ccncc4)c4ccncc4)c(C#N)cc4ccc(c1N(c1ccncc1)c1ccncc1)c2c43. The summed E-state index contributed by atoms with van der Waals surface area (Å²) < 4.78 is 0. The lowest BCUT2D eigenvalue weighted by atomic mass is 9.88. The van der Waals surface area contributed by atoms with Gasteiger partial charge in [0, 0.05) is 83.1 Å². The lowest BCUT2D eigenvalue weighted by Crippen LogP contribution is -2.13. The van der Waals surface area contributed by atoms with E-state index in [1.807, 2.05) is 72.8 Å². The third-order valence-electron chi connectivity index (χ3n) is 8.22. The van der Waals surface area contributed by atoms with E-state index in [0.717, 1.165) is 66.4 Å². The van der Waals surface area contributed by atoms with Gasteiger partial charge in [-0.25, -0.2) is 0 Å². The van der Waals surface area contributed by atoms with Gasteiger partial charge >= 0.3 is 0 Å². The Hall–Kier alpha value is -6.90. The van der Waals surface area contributed by atoms with Crippen LogP contribution in [0, 0.1) is 22.7 Å². The average Bonchev–Trinajstić information content (AvgIpc) is 3.13. The van der Waals surface area contributed by atoms with Gasteiger partial charge in [0.1, 0.15) is 12.1 Å². The standard InChI is InChI=1S/C38H22N8/c39-23-27-21-25-1-3-33-36-26(22-28(24-40)37(33)45(29-5-13-41-14-6-29)30-7-15-42-16-8-30)2-4-34(35(25)36)38(27)46(31-9-17-43-18-10-31)32-11-19-44-20-12-32/h1-22H. The summed E-state index contributed by atoms with van der Waals surface area (Å²) in [5.41, 5.74) is 6.04. The van der Waals surface area contributed by atoms with Crippen LogP contribution in [0.3, 0.4) is 0 Å². The Morgan fingerprint density at radius 1 is 0.413 bits per heavy atom. The molecule has 4 aromatic heterocycles. The predicted molar refractivity (Wildman–Crippen MR) is 180 cm³/mol. The largest absolute Gasteiger partial charge is 0.308 e. The van der Waals surface area contributed by atoms with Gasteiger partial charge in [0.15, 0.2) is 0 Å². The first-order valence-corrected chi connectivity index (χ1v) is 14.6. The highest BCUT2D eigenvalue weighted by Gasteiger charge is 2.26. The zero-order valence-electron chi connectivity index (χ0n) is 24.3. The molecule has 0 spiro atoms. The Balaban J connectivity index is 1.50. The van der Waals surface area contributed by atoms with Crippen molar-refractivity contribution in [3.8, 4) is 12.1 Å². The maximum Gasteiger partial charge on any atom is 0.101 e. The van der Waals surface area contributed by atoms with Gasteiger partial charge in [0.05, 0.1) is 22.5 Å². The topological polar surface area (TPSA) is 106 Å². The van der Waals surface area contributed by atoms with Gasteiger partial charge in [-0.1, -0.05) is 24.3 Å². The Morgan fingerprint density at radius 3 is 1.00 bits per heavy atom. The summed E-state index contributed by atoms with van der Waals surface area (Å²) in [7, 11) is 0. The summed E-state index contributed by atoms with van der Waals surface area (Å²) in [6, 6.07) is 32.5. The zero-order chi connectivity index (χ0) is 31.0. The molecule has 0 amide bonds. The molecule has 0 radical (unpaired) electrons. The van der Waals surface area contributed by atoms with E-state index in [9.17, 15) is 10.5 Å². The van der Waals surface area contributed by atoms with Crippen LogP contribution in [0.4, 0.5) is 34.1 Å². The lowest BCUT2D eigenvalue weighted by molar-refractivity contribution is 1.22. The molecular formula is C38H22N8. The van der Waals surface area contributed by atoms with E-state index in [2.05, 4.69) is 54.0 Å². The maximum atomic E-state index is 10.5. The monoisotopic (exact) mass is 590 g/mol. The molecule has 8 nitrogen and oxygen atoms in total. The molecule has 0 aliphatic carbocycles. The van der Waals surface area contributed by atoms with Crippen molar-refractivity contribution in [2.75, 3.05) is 9.80 Å². The first-order chi connectivity index (χ1) is 22.8. The highest BCUT2D eigenvalue weighted by atomic mass is 15.2. The first-order valence-electron chi connectivity index (χ1n) is 14.6. The number of nitriles is 2. The van der Waals surface area contributed by atoms with Gasteiger partial charge < -0.3 is 9.80 Å². The van der Waals surface area contributed by atoms with Crippen molar-refractivity contribution in [3.05, 3.63) is 146 Å². The average molecular weight is 591 g/mol. The van der Waals surface area contributed by atoms with E-state index >= 15 is 0 Å². The molecule has 8 aromatic rings. The predicted octanol–water partition coefficient (Wildman–Crippen LogP) is 8.85. The van der Waals surface area contributed by atoms with Crippen LogP contribution in [0.1, 0.15) is 11.1 Å². The highest BCUT2D eigenvalue weighted by Crippen LogP contribution is 2.49. The molecule has 0 aliphatic heterocycles. The lowest BCUT2D eigenvalue weighted by Gasteiger charge is -2.30. The fraction of sp³-hybridized carbons (Fsp3) is 0. The Bertz CT molecular complexity index is 2180. The van der Waals surface area contributed by atoms with E-state index in [0.29, 0.717) is 11.1 Å². The maximum absolute atomic E-state index is 10.5. The van der Waals surface area contributed by atoms with Crippen LogP contribution in [0.25, 0.3) is 32.3 Å². The third kappa shape index (κ3) is 4.22. The van der Waals surface area contributed by atoms with Gasteiger partial charge in [-0.05, 0) is 82.2 Å². The number of hydrogen-bond donors (Lipinski definition) is 0. The highest BCUT2D eigenvalue weighted by molar-refractivity contribution is 6.29. The van der Waals surface area contributed by atoms with Crippen molar-refractivity contribution in [1.29, 1.82) is 10.5 Å². The first kappa shape index (κ1) is 26.7. The van der Waals surface area contributed by atoms with Crippen LogP contribution in [0.15, 0.2) is 135 Å². The van der Waals surface area contributed by atoms with Crippen LogP contribution in [0.5, 0.6) is 0 Å². The van der Waals surface area contributed by atoms with Crippen molar-refractivity contribution in [3.63, 3.8) is 0 Å².